The molecule has 10 nitrogen and oxygen atoms in total. The van der Waals surface area contributed by atoms with Crippen molar-refractivity contribution >= 4 is 11.0 Å². The van der Waals surface area contributed by atoms with Crippen LogP contribution in [0.25, 0.3) is 57.1 Å². The first-order valence-corrected chi connectivity index (χ1v) is 11.2. The molecule has 0 aliphatic rings. The second kappa shape index (κ2) is 8.13. The number of imidazole rings is 2. The summed E-state index contributed by atoms with van der Waals surface area (Å²) >= 11 is 0. The van der Waals surface area contributed by atoms with E-state index in [2.05, 4.69) is 19.9 Å². The van der Waals surface area contributed by atoms with Crippen molar-refractivity contribution in [1.82, 2.24) is 48.7 Å². The molecule has 170 valence electrons. The van der Waals surface area contributed by atoms with Crippen LogP contribution in [0.15, 0.2) is 98.1 Å². The lowest BCUT2D eigenvalue weighted by atomic mass is 10.2. The lowest BCUT2D eigenvalue weighted by Gasteiger charge is -2.01. The first-order chi connectivity index (χ1) is 17.9. The molecule has 36 heavy (non-hydrogen) atoms. The van der Waals surface area contributed by atoms with Gasteiger partial charge in [0, 0.05) is 37.2 Å². The number of pyridine rings is 2. The van der Waals surface area contributed by atoms with Gasteiger partial charge in [0.05, 0.1) is 23.4 Å². The fourth-order valence-electron chi connectivity index (χ4n) is 4.17. The molecule has 7 aromatic heterocycles. The Bertz CT molecular complexity index is 1690. The van der Waals surface area contributed by atoms with Gasteiger partial charge < -0.3 is 0 Å². The van der Waals surface area contributed by atoms with Crippen LogP contribution in [0, 0.1) is 0 Å². The monoisotopic (exact) mass is 468 g/mol. The maximum atomic E-state index is 4.83. The van der Waals surface area contributed by atoms with E-state index in [4.69, 9.17) is 19.9 Å². The first kappa shape index (κ1) is 20.0. The molecule has 7 rings (SSSR count). The molecule has 0 radical (unpaired) electrons. The highest BCUT2D eigenvalue weighted by atomic mass is 15.1. The summed E-state index contributed by atoms with van der Waals surface area (Å²) in [5, 5.41) is 0. The second-order valence-corrected chi connectivity index (χ2v) is 7.91. The van der Waals surface area contributed by atoms with E-state index in [0.717, 1.165) is 11.0 Å². The number of nitrogens with zero attached hydrogens (tertiary/aromatic N) is 10. The van der Waals surface area contributed by atoms with Crippen molar-refractivity contribution in [2.45, 2.75) is 0 Å². The minimum absolute atomic E-state index is 0.537. The van der Waals surface area contributed by atoms with Gasteiger partial charge in [0.15, 0.2) is 23.3 Å². The minimum Gasteiger partial charge on any atom is -0.296 e. The molecule has 7 aromatic rings. The molecule has 0 atom stereocenters. The molecule has 0 saturated carbocycles. The van der Waals surface area contributed by atoms with Crippen molar-refractivity contribution in [2.24, 2.45) is 0 Å². The fraction of sp³-hybridized carbons (Fsp3) is 0. The van der Waals surface area contributed by atoms with Crippen molar-refractivity contribution in [3.05, 3.63) is 98.1 Å². The maximum Gasteiger partial charge on any atom is 0.196 e. The summed E-state index contributed by atoms with van der Waals surface area (Å²) in [7, 11) is 0. The van der Waals surface area contributed by atoms with Crippen LogP contribution in [-0.4, -0.2) is 48.7 Å². The predicted molar refractivity (Wildman–Crippen MR) is 132 cm³/mol. The number of aromatic nitrogens is 10. The number of hydrogen-bond donors (Lipinski definition) is 0. The quantitative estimate of drug-likeness (QED) is 0.381. The van der Waals surface area contributed by atoms with Crippen molar-refractivity contribution < 1.29 is 0 Å². The van der Waals surface area contributed by atoms with E-state index < -0.39 is 0 Å². The predicted octanol–water partition coefficient (Wildman–Crippen LogP) is 4.02. The molecule has 0 N–H and O–H groups in total. The van der Waals surface area contributed by atoms with Gasteiger partial charge in [0.2, 0.25) is 0 Å². The van der Waals surface area contributed by atoms with Crippen LogP contribution in [0.1, 0.15) is 0 Å². The molecule has 0 aromatic carbocycles. The molecule has 0 spiro atoms. The van der Waals surface area contributed by atoms with Crippen molar-refractivity contribution in [1.29, 1.82) is 0 Å². The summed E-state index contributed by atoms with van der Waals surface area (Å²) in [6, 6.07) is 15.3. The highest BCUT2D eigenvalue weighted by Gasteiger charge is 2.19. The topological polar surface area (TPSA) is 112 Å². The summed E-state index contributed by atoms with van der Waals surface area (Å²) in [5.41, 5.74) is 4.45. The van der Waals surface area contributed by atoms with E-state index in [1.807, 2.05) is 57.6 Å². The van der Waals surface area contributed by atoms with E-state index >= 15 is 0 Å². The number of hydrogen-bond acceptors (Lipinski definition) is 8. The minimum atomic E-state index is 0.537. The zero-order chi connectivity index (χ0) is 23.9. The lowest BCUT2D eigenvalue weighted by Crippen LogP contribution is -1.93. The smallest absolute Gasteiger partial charge is 0.196 e. The molecule has 7 heterocycles. The Labute approximate surface area is 204 Å². The van der Waals surface area contributed by atoms with Crippen LogP contribution in [0.4, 0.5) is 0 Å². The molecule has 0 bridgehead atoms. The highest BCUT2D eigenvalue weighted by molar-refractivity contribution is 5.81. The van der Waals surface area contributed by atoms with E-state index in [9.17, 15) is 0 Å². The fourth-order valence-corrected chi connectivity index (χ4v) is 4.17. The van der Waals surface area contributed by atoms with Crippen molar-refractivity contribution in [3.63, 3.8) is 0 Å². The van der Waals surface area contributed by atoms with E-state index in [1.54, 1.807) is 49.3 Å². The van der Waals surface area contributed by atoms with Crippen LogP contribution in [0.2, 0.25) is 0 Å². The highest BCUT2D eigenvalue weighted by Crippen LogP contribution is 2.30. The summed E-state index contributed by atoms with van der Waals surface area (Å²) in [4.78, 5) is 36.5. The summed E-state index contributed by atoms with van der Waals surface area (Å²) in [6.07, 6.45) is 14.1. The Morgan fingerprint density at radius 2 is 0.917 bits per heavy atom. The van der Waals surface area contributed by atoms with Crippen LogP contribution in [0.5, 0.6) is 0 Å². The maximum absolute atomic E-state index is 4.83. The Kier molecular flexibility index (Phi) is 4.53. The molecule has 0 unspecified atom stereocenters. The Hall–Kier alpha value is -5.38. The SMILES string of the molecule is c1cnc(-c2nc(-c3cnc(-c4nc(-c5ncccn5)n5ccccc45)cn3)c3ccccn23)nc1. The summed E-state index contributed by atoms with van der Waals surface area (Å²) in [6.45, 7) is 0. The molecule has 0 aliphatic heterocycles. The molecule has 10 heteroatoms. The van der Waals surface area contributed by atoms with Gasteiger partial charge in [0.25, 0.3) is 0 Å². The third-order valence-electron chi connectivity index (χ3n) is 5.77. The molecule has 0 fully saturated rings. The lowest BCUT2D eigenvalue weighted by molar-refractivity contribution is 1.07. The Morgan fingerprint density at radius 1 is 0.472 bits per heavy atom. The van der Waals surface area contributed by atoms with Gasteiger partial charge in [-0.25, -0.2) is 29.9 Å². The zero-order valence-corrected chi connectivity index (χ0v) is 18.7. The number of fused-ring (bicyclic) bond motifs is 2. The standard InChI is InChI=1S/C26H16N10/c1-3-13-35-19(7-1)21(33-25(35)23-27-9-5-10-28-23)17-15-32-18(16-31-17)22-20-8-2-4-14-36(20)26(34-22)24-29-11-6-12-30-24/h1-16H. The summed E-state index contributed by atoms with van der Waals surface area (Å²) in [5.74, 6) is 2.35. The zero-order valence-electron chi connectivity index (χ0n) is 18.7. The second-order valence-electron chi connectivity index (χ2n) is 7.91. The van der Waals surface area contributed by atoms with Gasteiger partial charge in [-0.1, -0.05) is 12.1 Å². The van der Waals surface area contributed by atoms with Crippen LogP contribution < -0.4 is 0 Å². The van der Waals surface area contributed by atoms with Crippen molar-refractivity contribution in [3.8, 4) is 46.1 Å². The third kappa shape index (κ3) is 3.20. The van der Waals surface area contributed by atoms with Gasteiger partial charge in [-0.3, -0.25) is 18.8 Å². The van der Waals surface area contributed by atoms with E-state index in [-0.39, 0.29) is 0 Å². The largest absolute Gasteiger partial charge is 0.296 e. The van der Waals surface area contributed by atoms with E-state index in [0.29, 0.717) is 46.1 Å². The Morgan fingerprint density at radius 3 is 1.33 bits per heavy atom. The normalized spacial score (nSPS) is 11.3. The summed E-state index contributed by atoms with van der Waals surface area (Å²) < 4.78 is 3.91. The van der Waals surface area contributed by atoms with Crippen LogP contribution in [-0.2, 0) is 0 Å². The van der Waals surface area contributed by atoms with Gasteiger partial charge in [-0.05, 0) is 36.4 Å². The van der Waals surface area contributed by atoms with Crippen LogP contribution in [0.3, 0.4) is 0 Å². The average molecular weight is 468 g/mol. The Balaban J connectivity index is 1.34. The van der Waals surface area contributed by atoms with Crippen LogP contribution >= 0.6 is 0 Å². The molecular weight excluding hydrogens is 452 g/mol. The number of rotatable bonds is 4. The van der Waals surface area contributed by atoms with Gasteiger partial charge in [0.1, 0.15) is 22.8 Å². The molecule has 0 aliphatic carbocycles. The molecule has 0 saturated heterocycles. The van der Waals surface area contributed by atoms with Gasteiger partial charge in [-0.2, -0.15) is 0 Å². The van der Waals surface area contributed by atoms with Gasteiger partial charge >= 0.3 is 0 Å². The molecular formula is C26H16N10. The van der Waals surface area contributed by atoms with Crippen molar-refractivity contribution in [2.75, 3.05) is 0 Å². The first-order valence-electron chi connectivity index (χ1n) is 11.2. The average Bonchev–Trinajstić information content (AvgIpc) is 3.54. The van der Waals surface area contributed by atoms with E-state index in [1.165, 1.54) is 0 Å². The molecule has 0 amide bonds. The third-order valence-corrected chi connectivity index (χ3v) is 5.77. The van der Waals surface area contributed by atoms with Gasteiger partial charge in [-0.15, -0.1) is 0 Å².